The largest absolute Gasteiger partial charge is 0.376 e. The quantitative estimate of drug-likeness (QED) is 0.710. The number of carbonyl (C=O) groups excluding carboxylic acids is 1. The predicted octanol–water partition coefficient (Wildman–Crippen LogP) is 3.07. The summed E-state index contributed by atoms with van der Waals surface area (Å²) in [5, 5.41) is 3.44. The fraction of sp³-hybridized carbons (Fsp3) is 0.458. The molecule has 5 heteroatoms. The van der Waals surface area contributed by atoms with Crippen molar-refractivity contribution in [2.24, 2.45) is 0 Å². The van der Waals surface area contributed by atoms with Gasteiger partial charge in [-0.15, -0.1) is 0 Å². The van der Waals surface area contributed by atoms with Crippen LogP contribution < -0.4 is 5.32 Å². The highest BCUT2D eigenvalue weighted by Crippen LogP contribution is 2.26. The first-order valence-electron chi connectivity index (χ1n) is 10.6. The van der Waals surface area contributed by atoms with Crippen molar-refractivity contribution >= 4 is 11.6 Å². The van der Waals surface area contributed by atoms with Crippen LogP contribution in [0.2, 0.25) is 0 Å². The van der Waals surface area contributed by atoms with Crippen LogP contribution in [0.1, 0.15) is 23.6 Å². The highest BCUT2D eigenvalue weighted by molar-refractivity contribution is 5.81. The summed E-state index contributed by atoms with van der Waals surface area (Å²) in [6, 6.07) is 16.6. The van der Waals surface area contributed by atoms with Gasteiger partial charge in [-0.2, -0.15) is 0 Å². The van der Waals surface area contributed by atoms with E-state index in [-0.39, 0.29) is 5.91 Å². The second-order valence-electron chi connectivity index (χ2n) is 8.02. The number of benzene rings is 2. The molecule has 1 heterocycles. The molecule has 0 aliphatic carbocycles. The van der Waals surface area contributed by atoms with Gasteiger partial charge >= 0.3 is 0 Å². The summed E-state index contributed by atoms with van der Waals surface area (Å²) in [5.41, 5.74) is 5.01. The lowest BCUT2D eigenvalue weighted by molar-refractivity contribution is -0.130. The van der Waals surface area contributed by atoms with Gasteiger partial charge < -0.3 is 15.1 Å². The monoisotopic (exact) mass is 394 g/mol. The zero-order chi connectivity index (χ0) is 20.6. The minimum Gasteiger partial charge on any atom is -0.376 e. The fourth-order valence-electron chi connectivity index (χ4n) is 3.77. The average Bonchev–Trinajstić information content (AvgIpc) is 2.75. The van der Waals surface area contributed by atoms with Gasteiger partial charge in [0, 0.05) is 38.4 Å². The Morgan fingerprint density at radius 1 is 1.07 bits per heavy atom. The molecule has 156 valence electrons. The van der Waals surface area contributed by atoms with Crippen molar-refractivity contribution in [1.82, 2.24) is 14.7 Å². The Labute approximate surface area is 175 Å². The number of hydrogen-bond donors (Lipinski definition) is 1. The van der Waals surface area contributed by atoms with E-state index in [2.05, 4.69) is 52.4 Å². The molecular weight excluding hydrogens is 360 g/mol. The molecule has 0 aromatic heterocycles. The first kappa shape index (κ1) is 21.3. The van der Waals surface area contributed by atoms with E-state index in [0.29, 0.717) is 13.1 Å². The number of anilines is 1. The Morgan fingerprint density at radius 3 is 2.59 bits per heavy atom. The number of nitrogens with one attached hydrogen (secondary N) is 1. The van der Waals surface area contributed by atoms with Gasteiger partial charge in [-0.3, -0.25) is 9.69 Å². The molecule has 5 nitrogen and oxygen atoms in total. The first-order chi connectivity index (χ1) is 14.1. The highest BCUT2D eigenvalue weighted by Gasteiger charge is 2.19. The molecule has 0 bridgehead atoms. The maximum Gasteiger partial charge on any atom is 0.242 e. The summed E-state index contributed by atoms with van der Waals surface area (Å²) < 4.78 is 0. The first-order valence-corrected chi connectivity index (χ1v) is 10.6. The Hall–Kier alpha value is -2.37. The predicted molar refractivity (Wildman–Crippen MR) is 120 cm³/mol. The molecule has 0 atom stereocenters. The third-order valence-electron chi connectivity index (χ3n) is 5.62. The van der Waals surface area contributed by atoms with Crippen LogP contribution in [0.15, 0.2) is 48.5 Å². The van der Waals surface area contributed by atoms with Crippen molar-refractivity contribution in [2.75, 3.05) is 52.1 Å². The van der Waals surface area contributed by atoms with Gasteiger partial charge in [0.05, 0.1) is 6.54 Å². The van der Waals surface area contributed by atoms with E-state index in [1.165, 1.54) is 11.1 Å². The van der Waals surface area contributed by atoms with Gasteiger partial charge in [0.1, 0.15) is 0 Å². The number of nitrogens with zero attached hydrogens (tertiary/aromatic N) is 3. The number of rotatable bonds is 9. The number of hydrogen-bond acceptors (Lipinski definition) is 4. The molecular formula is C24H34N4O. The van der Waals surface area contributed by atoms with E-state index < -0.39 is 0 Å². The second kappa shape index (κ2) is 10.4. The van der Waals surface area contributed by atoms with Crippen LogP contribution in [0.5, 0.6) is 0 Å². The summed E-state index contributed by atoms with van der Waals surface area (Å²) in [6.07, 6.45) is 1.08. The van der Waals surface area contributed by atoms with Crippen LogP contribution in [0, 0.1) is 0 Å². The Balaban J connectivity index is 1.67. The standard InChI is InChI=1S/C24H34N4O/c1-4-27-14-13-21-11-8-12-23(22(21)19-27)25-17-24(29)28(16-15-26(2)3)18-20-9-6-5-7-10-20/h5-12,25H,4,13-19H2,1-3H3. The maximum atomic E-state index is 13.1. The van der Waals surface area contributed by atoms with Crippen molar-refractivity contribution in [3.63, 3.8) is 0 Å². The van der Waals surface area contributed by atoms with Crippen LogP contribution >= 0.6 is 0 Å². The van der Waals surface area contributed by atoms with Gasteiger partial charge in [0.25, 0.3) is 0 Å². The number of fused-ring (bicyclic) bond motifs is 1. The van der Waals surface area contributed by atoms with Crippen LogP contribution in [0.4, 0.5) is 5.69 Å². The number of likely N-dealkylation sites (N-methyl/N-ethyl adjacent to an activating group) is 2. The molecule has 0 fully saturated rings. The van der Waals surface area contributed by atoms with E-state index in [1.807, 2.05) is 37.2 Å². The average molecular weight is 395 g/mol. The second-order valence-corrected chi connectivity index (χ2v) is 8.02. The van der Waals surface area contributed by atoms with E-state index >= 15 is 0 Å². The minimum atomic E-state index is 0.136. The molecule has 2 aromatic rings. The molecule has 0 saturated carbocycles. The van der Waals surface area contributed by atoms with Crippen molar-refractivity contribution in [3.8, 4) is 0 Å². The summed E-state index contributed by atoms with van der Waals surface area (Å²) in [4.78, 5) is 19.6. The van der Waals surface area contributed by atoms with Crippen LogP contribution in [0.3, 0.4) is 0 Å². The molecule has 0 spiro atoms. The molecule has 0 saturated heterocycles. The number of carbonyl (C=O) groups is 1. The summed E-state index contributed by atoms with van der Waals surface area (Å²) in [7, 11) is 4.08. The summed E-state index contributed by atoms with van der Waals surface area (Å²) in [6.45, 7) is 7.87. The Bertz CT molecular complexity index is 791. The molecule has 0 radical (unpaired) electrons. The zero-order valence-electron chi connectivity index (χ0n) is 18.0. The smallest absolute Gasteiger partial charge is 0.242 e. The van der Waals surface area contributed by atoms with Gasteiger partial charge in [0.2, 0.25) is 5.91 Å². The van der Waals surface area contributed by atoms with E-state index in [0.717, 1.165) is 50.4 Å². The lowest BCUT2D eigenvalue weighted by atomic mass is 9.98. The van der Waals surface area contributed by atoms with Gasteiger partial charge in [-0.1, -0.05) is 49.4 Å². The molecule has 1 aliphatic heterocycles. The van der Waals surface area contributed by atoms with Crippen LogP contribution in [0.25, 0.3) is 0 Å². The molecule has 0 unspecified atom stereocenters. The maximum absolute atomic E-state index is 13.1. The van der Waals surface area contributed by atoms with Gasteiger partial charge in [0.15, 0.2) is 0 Å². The minimum absolute atomic E-state index is 0.136. The Kier molecular flexibility index (Phi) is 7.67. The van der Waals surface area contributed by atoms with Crippen LogP contribution in [-0.2, 0) is 24.3 Å². The SMILES string of the molecule is CCN1CCc2cccc(NCC(=O)N(CCN(C)C)Cc3ccccc3)c2C1. The van der Waals surface area contributed by atoms with Crippen molar-refractivity contribution in [1.29, 1.82) is 0 Å². The van der Waals surface area contributed by atoms with E-state index in [9.17, 15) is 4.79 Å². The van der Waals surface area contributed by atoms with Crippen molar-refractivity contribution in [3.05, 3.63) is 65.2 Å². The van der Waals surface area contributed by atoms with Gasteiger partial charge in [-0.05, 0) is 49.8 Å². The fourth-order valence-corrected chi connectivity index (χ4v) is 3.77. The molecule has 1 amide bonds. The lowest BCUT2D eigenvalue weighted by Gasteiger charge is -2.30. The zero-order valence-corrected chi connectivity index (χ0v) is 18.0. The van der Waals surface area contributed by atoms with Crippen molar-refractivity contribution < 1.29 is 4.79 Å². The molecule has 3 rings (SSSR count). The highest BCUT2D eigenvalue weighted by atomic mass is 16.2. The normalized spacial score (nSPS) is 13.9. The molecule has 2 aromatic carbocycles. The van der Waals surface area contributed by atoms with Crippen molar-refractivity contribution in [2.45, 2.75) is 26.4 Å². The van der Waals surface area contributed by atoms with Gasteiger partial charge in [-0.25, -0.2) is 0 Å². The third kappa shape index (κ3) is 6.05. The number of amides is 1. The van der Waals surface area contributed by atoms with E-state index in [4.69, 9.17) is 0 Å². The Morgan fingerprint density at radius 2 is 1.86 bits per heavy atom. The molecule has 29 heavy (non-hydrogen) atoms. The molecule has 1 N–H and O–H groups in total. The lowest BCUT2D eigenvalue weighted by Crippen LogP contribution is -2.39. The van der Waals surface area contributed by atoms with E-state index in [1.54, 1.807) is 0 Å². The topological polar surface area (TPSA) is 38.8 Å². The molecule has 1 aliphatic rings. The summed E-state index contributed by atoms with van der Waals surface area (Å²) in [5.74, 6) is 0.136. The van der Waals surface area contributed by atoms with Crippen LogP contribution in [-0.4, -0.2) is 67.4 Å². The third-order valence-corrected chi connectivity index (χ3v) is 5.62. The summed E-state index contributed by atoms with van der Waals surface area (Å²) >= 11 is 0.